The van der Waals surface area contributed by atoms with Gasteiger partial charge in [-0.3, -0.25) is 0 Å². The Kier molecular flexibility index (Phi) is 4.06. The Labute approximate surface area is 102 Å². The topological polar surface area (TPSA) is 4.41 Å². The van der Waals surface area contributed by atoms with Crippen LogP contribution < -0.4 is 0 Å². The predicted octanol–water partition coefficient (Wildman–Crippen LogP) is 3.66. The quantitative estimate of drug-likeness (QED) is 0.666. The average Bonchev–Trinajstić information content (AvgIpc) is 2.56. The fourth-order valence-electron chi connectivity index (χ4n) is 2.34. The number of hydrogen-bond acceptors (Lipinski definition) is 0. The van der Waals surface area contributed by atoms with Crippen LogP contribution in [0.1, 0.15) is 24.1 Å². The Bertz CT molecular complexity index is 448. The second-order valence-electron chi connectivity index (χ2n) is 3.82. The minimum atomic E-state index is 0. The van der Waals surface area contributed by atoms with E-state index < -0.39 is 0 Å². The lowest BCUT2D eigenvalue weighted by molar-refractivity contribution is 0.669. The maximum Gasteiger partial charge on any atom is 0.0455 e. The standard InChI is InChI=1S/C12H13N.2ClH/c1-2-7-12-10(5-1)9-11-6-3-4-8-13(11)12;;/h3-4,6,8-9H,1-2,5,7H2;2*1H. The van der Waals surface area contributed by atoms with E-state index in [0.29, 0.717) is 0 Å². The van der Waals surface area contributed by atoms with E-state index in [1.54, 1.807) is 11.3 Å². The van der Waals surface area contributed by atoms with Gasteiger partial charge in [0.2, 0.25) is 0 Å². The summed E-state index contributed by atoms with van der Waals surface area (Å²) in [6.07, 6.45) is 7.43. The molecule has 3 heteroatoms. The minimum Gasteiger partial charge on any atom is -0.321 e. The van der Waals surface area contributed by atoms with Gasteiger partial charge in [-0.1, -0.05) is 6.07 Å². The van der Waals surface area contributed by atoms with E-state index in [0.717, 1.165) is 0 Å². The molecule has 0 radical (unpaired) electrons. The molecule has 0 fully saturated rings. The molecular weight excluding hydrogens is 229 g/mol. The molecule has 2 heterocycles. The van der Waals surface area contributed by atoms with Crippen LogP contribution in [-0.4, -0.2) is 4.40 Å². The average molecular weight is 244 g/mol. The Morgan fingerprint density at radius 3 is 2.67 bits per heavy atom. The zero-order valence-electron chi connectivity index (χ0n) is 8.48. The van der Waals surface area contributed by atoms with Crippen molar-refractivity contribution in [2.75, 3.05) is 0 Å². The highest BCUT2D eigenvalue weighted by Gasteiger charge is 2.12. The highest BCUT2D eigenvalue weighted by Crippen LogP contribution is 2.24. The summed E-state index contributed by atoms with van der Waals surface area (Å²) in [5.74, 6) is 0. The molecular formula is C12H15Cl2N. The van der Waals surface area contributed by atoms with E-state index in [4.69, 9.17) is 0 Å². The summed E-state index contributed by atoms with van der Waals surface area (Å²) >= 11 is 0. The molecule has 0 N–H and O–H groups in total. The Balaban J connectivity index is 0.000000562. The van der Waals surface area contributed by atoms with Gasteiger partial charge >= 0.3 is 0 Å². The molecule has 0 aromatic carbocycles. The lowest BCUT2D eigenvalue weighted by Gasteiger charge is -2.11. The van der Waals surface area contributed by atoms with Gasteiger partial charge in [-0.2, -0.15) is 0 Å². The zero-order chi connectivity index (χ0) is 8.67. The molecule has 82 valence electrons. The van der Waals surface area contributed by atoms with Crippen molar-refractivity contribution < 1.29 is 0 Å². The van der Waals surface area contributed by atoms with Crippen LogP contribution in [0.4, 0.5) is 0 Å². The van der Waals surface area contributed by atoms with Gasteiger partial charge in [0.1, 0.15) is 0 Å². The Hall–Kier alpha value is -0.660. The molecule has 0 spiro atoms. The first kappa shape index (κ1) is 12.4. The summed E-state index contributed by atoms with van der Waals surface area (Å²) < 4.78 is 2.34. The third kappa shape index (κ3) is 1.99. The number of aryl methyl sites for hydroxylation is 2. The predicted molar refractivity (Wildman–Crippen MR) is 68.5 cm³/mol. The van der Waals surface area contributed by atoms with Crippen LogP contribution in [-0.2, 0) is 12.8 Å². The van der Waals surface area contributed by atoms with Crippen molar-refractivity contribution in [1.82, 2.24) is 4.40 Å². The fraction of sp³-hybridized carbons (Fsp3) is 0.333. The second-order valence-corrected chi connectivity index (χ2v) is 3.82. The van der Waals surface area contributed by atoms with Gasteiger partial charge in [0.05, 0.1) is 0 Å². The lowest BCUT2D eigenvalue weighted by atomic mass is 9.98. The van der Waals surface area contributed by atoms with Crippen LogP contribution >= 0.6 is 24.8 Å². The number of nitrogens with zero attached hydrogens (tertiary/aromatic N) is 1. The molecule has 2 aromatic heterocycles. The van der Waals surface area contributed by atoms with Crippen molar-refractivity contribution in [3.05, 3.63) is 41.7 Å². The lowest BCUT2D eigenvalue weighted by Crippen LogP contribution is -2.02. The number of hydrogen-bond donors (Lipinski definition) is 0. The molecule has 3 rings (SSSR count). The zero-order valence-corrected chi connectivity index (χ0v) is 10.1. The van der Waals surface area contributed by atoms with Gasteiger partial charge in [0.25, 0.3) is 0 Å². The largest absolute Gasteiger partial charge is 0.321 e. The first-order chi connectivity index (χ1) is 6.45. The number of halogens is 2. The van der Waals surface area contributed by atoms with Gasteiger partial charge < -0.3 is 4.40 Å². The van der Waals surface area contributed by atoms with Gasteiger partial charge in [-0.25, -0.2) is 0 Å². The monoisotopic (exact) mass is 243 g/mol. The van der Waals surface area contributed by atoms with Crippen LogP contribution in [0.15, 0.2) is 30.5 Å². The maximum atomic E-state index is 2.34. The first-order valence-electron chi connectivity index (χ1n) is 5.03. The highest BCUT2D eigenvalue weighted by atomic mass is 35.5. The van der Waals surface area contributed by atoms with Gasteiger partial charge in [0, 0.05) is 17.4 Å². The summed E-state index contributed by atoms with van der Waals surface area (Å²) in [6, 6.07) is 8.76. The second kappa shape index (κ2) is 4.91. The fourth-order valence-corrected chi connectivity index (χ4v) is 2.34. The molecule has 1 aliphatic rings. The molecule has 0 atom stereocenters. The molecule has 0 bridgehead atoms. The van der Waals surface area contributed by atoms with Crippen molar-refractivity contribution in [2.45, 2.75) is 25.7 Å². The van der Waals surface area contributed by atoms with E-state index in [9.17, 15) is 0 Å². The molecule has 0 amide bonds. The normalized spacial score (nSPS) is 13.9. The number of pyridine rings is 1. The molecule has 0 aliphatic heterocycles. The van der Waals surface area contributed by atoms with Crippen LogP contribution in [0.2, 0.25) is 0 Å². The molecule has 0 saturated heterocycles. The number of fused-ring (bicyclic) bond motifs is 3. The summed E-state index contributed by atoms with van der Waals surface area (Å²) in [6.45, 7) is 0. The molecule has 1 aliphatic carbocycles. The van der Waals surface area contributed by atoms with Crippen LogP contribution in [0.5, 0.6) is 0 Å². The third-order valence-corrected chi connectivity index (χ3v) is 2.98. The Morgan fingerprint density at radius 1 is 1.00 bits per heavy atom. The number of aromatic nitrogens is 1. The van der Waals surface area contributed by atoms with Crippen LogP contribution in [0.25, 0.3) is 5.52 Å². The van der Waals surface area contributed by atoms with Crippen LogP contribution in [0.3, 0.4) is 0 Å². The SMILES string of the molecule is Cl.Cl.c1ccn2c3c(cc2c1)CCCC3. The summed E-state index contributed by atoms with van der Waals surface area (Å²) in [5.41, 5.74) is 4.47. The summed E-state index contributed by atoms with van der Waals surface area (Å²) in [4.78, 5) is 0. The first-order valence-corrected chi connectivity index (χ1v) is 5.03. The van der Waals surface area contributed by atoms with Gasteiger partial charge in [-0.15, -0.1) is 24.8 Å². The van der Waals surface area contributed by atoms with Crippen molar-refractivity contribution >= 4 is 30.3 Å². The highest BCUT2D eigenvalue weighted by molar-refractivity contribution is 5.85. The van der Waals surface area contributed by atoms with E-state index in [2.05, 4.69) is 34.9 Å². The molecule has 1 nitrogen and oxygen atoms in total. The van der Waals surface area contributed by atoms with Crippen molar-refractivity contribution in [1.29, 1.82) is 0 Å². The van der Waals surface area contributed by atoms with E-state index in [-0.39, 0.29) is 24.8 Å². The number of rotatable bonds is 0. The van der Waals surface area contributed by atoms with E-state index in [1.807, 2.05) is 0 Å². The van der Waals surface area contributed by atoms with Gasteiger partial charge in [0.15, 0.2) is 0 Å². The molecule has 15 heavy (non-hydrogen) atoms. The van der Waals surface area contributed by atoms with Crippen molar-refractivity contribution in [2.24, 2.45) is 0 Å². The molecule has 2 aromatic rings. The van der Waals surface area contributed by atoms with Crippen LogP contribution in [0, 0.1) is 0 Å². The third-order valence-electron chi connectivity index (χ3n) is 2.98. The maximum absolute atomic E-state index is 2.34. The van der Waals surface area contributed by atoms with E-state index in [1.165, 1.54) is 31.2 Å². The smallest absolute Gasteiger partial charge is 0.0455 e. The Morgan fingerprint density at radius 2 is 1.80 bits per heavy atom. The van der Waals surface area contributed by atoms with E-state index >= 15 is 0 Å². The molecule has 0 saturated carbocycles. The van der Waals surface area contributed by atoms with Gasteiger partial charge in [-0.05, 0) is 49.4 Å². The summed E-state index contributed by atoms with van der Waals surface area (Å²) in [5, 5.41) is 0. The van der Waals surface area contributed by atoms with Crippen molar-refractivity contribution in [3.63, 3.8) is 0 Å². The minimum absolute atomic E-state index is 0. The molecule has 0 unspecified atom stereocenters. The summed E-state index contributed by atoms with van der Waals surface area (Å²) in [7, 11) is 0. The van der Waals surface area contributed by atoms with Crippen molar-refractivity contribution in [3.8, 4) is 0 Å².